The minimum absolute atomic E-state index is 0.0934. The van der Waals surface area contributed by atoms with E-state index in [1.54, 1.807) is 13.8 Å². The van der Waals surface area contributed by atoms with Crippen molar-refractivity contribution in [1.29, 1.82) is 0 Å². The van der Waals surface area contributed by atoms with Crippen molar-refractivity contribution in [1.82, 2.24) is 19.5 Å². The highest BCUT2D eigenvalue weighted by Crippen LogP contribution is 2.31. The van der Waals surface area contributed by atoms with E-state index in [-0.39, 0.29) is 24.2 Å². The van der Waals surface area contributed by atoms with Crippen molar-refractivity contribution in [2.45, 2.75) is 32.6 Å². The molecule has 0 radical (unpaired) electrons. The minimum atomic E-state index is -4.49. The van der Waals surface area contributed by atoms with Gasteiger partial charge in [0.05, 0.1) is 0 Å². The molecule has 2 aromatic rings. The number of aromatic nitrogens is 4. The van der Waals surface area contributed by atoms with Crippen LogP contribution in [-0.4, -0.2) is 19.5 Å². The number of nitrogens with two attached hydrogens (primary N) is 1. The molecule has 0 aliphatic rings. The Bertz CT molecular complexity index is 586. The van der Waals surface area contributed by atoms with Crippen molar-refractivity contribution in [2.75, 3.05) is 0 Å². The molecular formula is C12H14F3N5. The van der Waals surface area contributed by atoms with Crippen LogP contribution in [0.25, 0.3) is 11.6 Å². The van der Waals surface area contributed by atoms with Crippen molar-refractivity contribution in [3.8, 4) is 11.6 Å². The van der Waals surface area contributed by atoms with Crippen LogP contribution >= 0.6 is 0 Å². The molecule has 108 valence electrons. The van der Waals surface area contributed by atoms with Crippen LogP contribution in [0.2, 0.25) is 0 Å². The molecule has 0 atom stereocenters. The molecule has 0 amide bonds. The first-order valence-electron chi connectivity index (χ1n) is 6.00. The maximum Gasteiger partial charge on any atom is 0.434 e. The second-order valence-corrected chi connectivity index (χ2v) is 4.57. The van der Waals surface area contributed by atoms with Crippen molar-refractivity contribution < 1.29 is 13.2 Å². The molecule has 2 N–H and O–H groups in total. The topological polar surface area (TPSA) is 69.6 Å². The minimum Gasteiger partial charge on any atom is -0.326 e. The average molecular weight is 285 g/mol. The maximum absolute atomic E-state index is 12.7. The Morgan fingerprint density at radius 2 is 1.85 bits per heavy atom. The second-order valence-electron chi connectivity index (χ2n) is 4.57. The Hall–Kier alpha value is -1.96. The van der Waals surface area contributed by atoms with Crippen LogP contribution in [0.1, 0.15) is 31.1 Å². The quantitative estimate of drug-likeness (QED) is 0.940. The highest BCUT2D eigenvalue weighted by Gasteiger charge is 2.35. The summed E-state index contributed by atoms with van der Waals surface area (Å²) in [4.78, 5) is 11.6. The number of hydrogen-bond acceptors (Lipinski definition) is 4. The van der Waals surface area contributed by atoms with Crippen LogP contribution in [0.5, 0.6) is 0 Å². The van der Waals surface area contributed by atoms with E-state index in [4.69, 9.17) is 5.73 Å². The molecule has 0 fully saturated rings. The van der Waals surface area contributed by atoms with Gasteiger partial charge in [-0.1, -0.05) is 0 Å². The van der Waals surface area contributed by atoms with E-state index in [0.717, 1.165) is 6.20 Å². The molecule has 0 aromatic carbocycles. The van der Waals surface area contributed by atoms with Crippen molar-refractivity contribution in [2.24, 2.45) is 5.73 Å². The number of nitrogens with zero attached hydrogens (tertiary/aromatic N) is 4. The van der Waals surface area contributed by atoms with Crippen molar-refractivity contribution >= 4 is 0 Å². The highest BCUT2D eigenvalue weighted by molar-refractivity contribution is 5.45. The Morgan fingerprint density at radius 1 is 1.25 bits per heavy atom. The van der Waals surface area contributed by atoms with Gasteiger partial charge in [0.1, 0.15) is 0 Å². The summed E-state index contributed by atoms with van der Waals surface area (Å²) >= 11 is 0. The summed E-state index contributed by atoms with van der Waals surface area (Å²) in [6, 6.07) is -0.189. The first kappa shape index (κ1) is 14.4. The van der Waals surface area contributed by atoms with Gasteiger partial charge in [-0.25, -0.2) is 15.0 Å². The zero-order chi connectivity index (χ0) is 14.9. The number of imidazole rings is 1. The molecule has 20 heavy (non-hydrogen) atoms. The third kappa shape index (κ3) is 2.79. The molecule has 0 unspecified atom stereocenters. The smallest absolute Gasteiger partial charge is 0.326 e. The summed E-state index contributed by atoms with van der Waals surface area (Å²) in [6.07, 6.45) is -0.559. The molecule has 0 bridgehead atoms. The van der Waals surface area contributed by atoms with Gasteiger partial charge >= 0.3 is 6.18 Å². The molecule has 5 nitrogen and oxygen atoms in total. The van der Waals surface area contributed by atoms with E-state index >= 15 is 0 Å². The number of halogens is 3. The fraction of sp³-hybridized carbons (Fsp3) is 0.417. The predicted molar refractivity (Wildman–Crippen MR) is 66.5 cm³/mol. The van der Waals surface area contributed by atoms with Crippen LogP contribution < -0.4 is 5.73 Å². The Balaban J connectivity index is 2.50. The van der Waals surface area contributed by atoms with Gasteiger partial charge in [0, 0.05) is 36.7 Å². The van der Waals surface area contributed by atoms with E-state index in [9.17, 15) is 13.2 Å². The van der Waals surface area contributed by atoms with Gasteiger partial charge in [0.25, 0.3) is 0 Å². The second kappa shape index (κ2) is 5.20. The Morgan fingerprint density at radius 3 is 2.30 bits per heavy atom. The van der Waals surface area contributed by atoms with Crippen LogP contribution in [0, 0.1) is 0 Å². The zero-order valence-corrected chi connectivity index (χ0v) is 11.0. The summed E-state index contributed by atoms with van der Waals surface area (Å²) in [5.41, 5.74) is 5.18. The van der Waals surface area contributed by atoms with Crippen molar-refractivity contribution in [3.05, 3.63) is 29.8 Å². The lowest BCUT2D eigenvalue weighted by atomic mass is 10.3. The molecule has 0 saturated heterocycles. The monoisotopic (exact) mass is 285 g/mol. The maximum atomic E-state index is 12.7. The third-order valence-electron chi connectivity index (χ3n) is 2.72. The molecule has 0 aliphatic carbocycles. The summed E-state index contributed by atoms with van der Waals surface area (Å²) in [5.74, 6) is 0.238. The normalized spacial score (nSPS) is 12.2. The molecule has 2 heterocycles. The summed E-state index contributed by atoms with van der Waals surface area (Å²) in [6.45, 7) is 3.80. The summed E-state index contributed by atoms with van der Waals surface area (Å²) < 4.78 is 39.6. The SMILES string of the molecule is CC(C)n1cc(C(F)(F)F)nc1-c1ncc(CN)cn1. The molecule has 2 rings (SSSR count). The average Bonchev–Trinajstić information content (AvgIpc) is 2.84. The number of alkyl halides is 3. The van der Waals surface area contributed by atoms with E-state index < -0.39 is 11.9 Å². The van der Waals surface area contributed by atoms with Gasteiger partial charge in [-0.3, -0.25) is 0 Å². The van der Waals surface area contributed by atoms with Crippen LogP contribution in [0.4, 0.5) is 13.2 Å². The molecule has 0 spiro atoms. The Labute approximate surface area is 113 Å². The lowest BCUT2D eigenvalue weighted by molar-refractivity contribution is -0.140. The van der Waals surface area contributed by atoms with Gasteiger partial charge in [0.15, 0.2) is 17.3 Å². The fourth-order valence-electron chi connectivity index (χ4n) is 1.66. The molecule has 0 saturated carbocycles. The van der Waals surface area contributed by atoms with Crippen molar-refractivity contribution in [3.63, 3.8) is 0 Å². The van der Waals surface area contributed by atoms with Gasteiger partial charge in [-0.15, -0.1) is 0 Å². The molecular weight excluding hydrogens is 271 g/mol. The fourth-order valence-corrected chi connectivity index (χ4v) is 1.66. The summed E-state index contributed by atoms with van der Waals surface area (Å²) in [5, 5.41) is 0. The van der Waals surface area contributed by atoms with Gasteiger partial charge in [-0.05, 0) is 13.8 Å². The van der Waals surface area contributed by atoms with Gasteiger partial charge in [0.2, 0.25) is 0 Å². The van der Waals surface area contributed by atoms with Crippen LogP contribution in [0.3, 0.4) is 0 Å². The zero-order valence-electron chi connectivity index (χ0n) is 11.0. The first-order chi connectivity index (χ1) is 9.32. The first-order valence-corrected chi connectivity index (χ1v) is 6.00. The predicted octanol–water partition coefficient (Wildman–Crippen LogP) is 2.40. The van der Waals surface area contributed by atoms with E-state index in [0.29, 0.717) is 5.56 Å². The van der Waals surface area contributed by atoms with Gasteiger partial charge < -0.3 is 10.3 Å². The summed E-state index contributed by atoms with van der Waals surface area (Å²) in [7, 11) is 0. The van der Waals surface area contributed by atoms with E-state index in [1.165, 1.54) is 17.0 Å². The third-order valence-corrected chi connectivity index (χ3v) is 2.72. The van der Waals surface area contributed by atoms with E-state index in [1.807, 2.05) is 0 Å². The molecule has 8 heteroatoms. The van der Waals surface area contributed by atoms with Gasteiger partial charge in [-0.2, -0.15) is 13.2 Å². The van der Waals surface area contributed by atoms with E-state index in [2.05, 4.69) is 15.0 Å². The largest absolute Gasteiger partial charge is 0.434 e. The lowest BCUT2D eigenvalue weighted by Gasteiger charge is -2.10. The lowest BCUT2D eigenvalue weighted by Crippen LogP contribution is -2.05. The number of hydrogen-bond donors (Lipinski definition) is 1. The molecule has 2 aromatic heterocycles. The van der Waals surface area contributed by atoms with Crippen LogP contribution in [0.15, 0.2) is 18.6 Å². The highest BCUT2D eigenvalue weighted by atomic mass is 19.4. The Kier molecular flexibility index (Phi) is 3.76. The molecule has 0 aliphatic heterocycles. The van der Waals surface area contributed by atoms with Crippen LogP contribution in [-0.2, 0) is 12.7 Å². The number of rotatable bonds is 3. The standard InChI is InChI=1S/C12H14F3N5/c1-7(2)20-6-9(12(13,14)15)19-11(20)10-17-4-8(3-16)5-18-10/h4-7H,3,16H2,1-2H3.